The highest BCUT2D eigenvalue weighted by Crippen LogP contribution is 2.24. The van der Waals surface area contributed by atoms with Crippen LogP contribution < -0.4 is 11.1 Å². The molecular formula is C16H25N3O. The van der Waals surface area contributed by atoms with Crippen LogP contribution in [-0.4, -0.2) is 30.1 Å². The smallest absolute Gasteiger partial charge is 0.314 e. The lowest BCUT2D eigenvalue weighted by molar-refractivity contribution is 0.132. The molecule has 1 aliphatic rings. The van der Waals surface area contributed by atoms with Gasteiger partial charge in [-0.15, -0.1) is 0 Å². The van der Waals surface area contributed by atoms with Gasteiger partial charge in [0.1, 0.15) is 0 Å². The monoisotopic (exact) mass is 275 g/mol. The highest BCUT2D eigenvalue weighted by atomic mass is 16.2. The molecule has 0 saturated carbocycles. The van der Waals surface area contributed by atoms with Gasteiger partial charge < -0.3 is 16.0 Å². The third-order valence-corrected chi connectivity index (χ3v) is 4.18. The molecule has 110 valence electrons. The summed E-state index contributed by atoms with van der Waals surface area (Å²) in [6, 6.07) is 10.4. The fraction of sp³-hybridized carbons (Fsp3) is 0.562. The maximum atomic E-state index is 11.5. The van der Waals surface area contributed by atoms with Gasteiger partial charge in [0.25, 0.3) is 0 Å². The van der Waals surface area contributed by atoms with Crippen molar-refractivity contribution in [2.24, 2.45) is 17.6 Å². The SMILES string of the molecule is CC(C)C1CC(NCc2ccccc2)CN(C(N)=O)C1. The summed E-state index contributed by atoms with van der Waals surface area (Å²) < 4.78 is 0. The lowest BCUT2D eigenvalue weighted by atomic mass is 9.85. The molecule has 1 aromatic rings. The van der Waals surface area contributed by atoms with Crippen molar-refractivity contribution >= 4 is 6.03 Å². The van der Waals surface area contributed by atoms with E-state index in [0.717, 1.165) is 19.5 Å². The van der Waals surface area contributed by atoms with Crippen molar-refractivity contribution in [3.05, 3.63) is 35.9 Å². The topological polar surface area (TPSA) is 58.4 Å². The van der Waals surface area contributed by atoms with E-state index in [1.54, 1.807) is 4.90 Å². The quantitative estimate of drug-likeness (QED) is 0.885. The number of amides is 2. The molecule has 0 bridgehead atoms. The van der Waals surface area contributed by atoms with E-state index in [4.69, 9.17) is 5.73 Å². The zero-order valence-corrected chi connectivity index (χ0v) is 12.4. The number of primary amides is 1. The van der Waals surface area contributed by atoms with Crippen molar-refractivity contribution in [1.29, 1.82) is 0 Å². The van der Waals surface area contributed by atoms with Crippen molar-refractivity contribution in [3.63, 3.8) is 0 Å². The van der Waals surface area contributed by atoms with E-state index in [9.17, 15) is 4.79 Å². The van der Waals surface area contributed by atoms with E-state index >= 15 is 0 Å². The number of nitrogens with zero attached hydrogens (tertiary/aromatic N) is 1. The normalized spacial score (nSPS) is 23.1. The molecule has 3 N–H and O–H groups in total. The van der Waals surface area contributed by atoms with Gasteiger partial charge in [-0.1, -0.05) is 44.2 Å². The zero-order chi connectivity index (χ0) is 14.5. The van der Waals surface area contributed by atoms with Crippen LogP contribution in [0.2, 0.25) is 0 Å². The van der Waals surface area contributed by atoms with Crippen molar-refractivity contribution in [3.8, 4) is 0 Å². The predicted octanol–water partition coefficient (Wildman–Crippen LogP) is 2.20. The zero-order valence-electron chi connectivity index (χ0n) is 12.4. The van der Waals surface area contributed by atoms with Crippen molar-refractivity contribution in [1.82, 2.24) is 10.2 Å². The number of rotatable bonds is 4. The standard InChI is InChI=1S/C16H25N3O/c1-12(2)14-8-15(11-19(10-14)16(17)20)18-9-13-6-4-3-5-7-13/h3-7,12,14-15,18H,8-11H2,1-2H3,(H2,17,20). The minimum atomic E-state index is -0.304. The van der Waals surface area contributed by atoms with Crippen LogP contribution in [0.4, 0.5) is 4.79 Å². The number of hydrogen-bond acceptors (Lipinski definition) is 2. The average Bonchev–Trinajstić information content (AvgIpc) is 2.45. The third-order valence-electron chi connectivity index (χ3n) is 4.18. The van der Waals surface area contributed by atoms with E-state index in [1.165, 1.54) is 5.56 Å². The van der Waals surface area contributed by atoms with Crippen molar-refractivity contribution < 1.29 is 4.79 Å². The molecule has 1 aromatic carbocycles. The molecule has 0 aromatic heterocycles. The Balaban J connectivity index is 1.94. The van der Waals surface area contributed by atoms with Crippen molar-refractivity contribution in [2.75, 3.05) is 13.1 Å². The molecular weight excluding hydrogens is 250 g/mol. The van der Waals surface area contributed by atoms with Crippen LogP contribution in [0.15, 0.2) is 30.3 Å². The van der Waals surface area contributed by atoms with Crippen molar-refractivity contribution in [2.45, 2.75) is 32.9 Å². The molecule has 4 nitrogen and oxygen atoms in total. The van der Waals surface area contributed by atoms with Gasteiger partial charge in [0.2, 0.25) is 0 Å². The van der Waals surface area contributed by atoms with E-state index in [2.05, 4.69) is 31.3 Å². The van der Waals surface area contributed by atoms with Crippen LogP contribution in [0.5, 0.6) is 0 Å². The second kappa shape index (κ2) is 6.75. The van der Waals surface area contributed by atoms with E-state index < -0.39 is 0 Å². The molecule has 2 rings (SSSR count). The fourth-order valence-corrected chi connectivity index (χ4v) is 2.81. The maximum absolute atomic E-state index is 11.5. The summed E-state index contributed by atoms with van der Waals surface area (Å²) >= 11 is 0. The number of carbonyl (C=O) groups is 1. The summed E-state index contributed by atoms with van der Waals surface area (Å²) in [5, 5.41) is 3.56. The molecule has 1 aliphatic heterocycles. The molecule has 0 spiro atoms. The Labute approximate surface area is 121 Å². The minimum Gasteiger partial charge on any atom is -0.351 e. The van der Waals surface area contributed by atoms with Gasteiger partial charge in [-0.2, -0.15) is 0 Å². The number of nitrogens with two attached hydrogens (primary N) is 1. The second-order valence-electron chi connectivity index (χ2n) is 6.05. The molecule has 0 aliphatic carbocycles. The Morgan fingerprint density at radius 2 is 2.05 bits per heavy atom. The Kier molecular flexibility index (Phi) is 5.01. The molecule has 0 radical (unpaired) electrons. The van der Waals surface area contributed by atoms with Gasteiger partial charge in [0.15, 0.2) is 0 Å². The minimum absolute atomic E-state index is 0.304. The summed E-state index contributed by atoms with van der Waals surface area (Å²) in [5.41, 5.74) is 6.73. The Morgan fingerprint density at radius 3 is 2.65 bits per heavy atom. The van der Waals surface area contributed by atoms with E-state index in [0.29, 0.717) is 24.4 Å². The molecule has 1 heterocycles. The number of hydrogen-bond donors (Lipinski definition) is 2. The van der Waals surface area contributed by atoms with Gasteiger partial charge in [0, 0.05) is 25.7 Å². The summed E-state index contributed by atoms with van der Waals surface area (Å²) in [6.45, 7) is 6.76. The third kappa shape index (κ3) is 3.97. The lowest BCUT2D eigenvalue weighted by Gasteiger charge is -2.39. The Bertz CT molecular complexity index is 433. The number of piperidine rings is 1. The highest BCUT2D eigenvalue weighted by molar-refractivity contribution is 5.72. The number of likely N-dealkylation sites (tertiary alicyclic amines) is 1. The maximum Gasteiger partial charge on any atom is 0.314 e. The molecule has 2 atom stereocenters. The van der Waals surface area contributed by atoms with Crippen LogP contribution >= 0.6 is 0 Å². The molecule has 2 amide bonds. The first-order valence-electron chi connectivity index (χ1n) is 7.38. The fourth-order valence-electron chi connectivity index (χ4n) is 2.81. The lowest BCUT2D eigenvalue weighted by Crippen LogP contribution is -2.53. The first-order valence-corrected chi connectivity index (χ1v) is 7.38. The van der Waals surface area contributed by atoms with Gasteiger partial charge in [-0.05, 0) is 23.8 Å². The first-order chi connectivity index (χ1) is 9.56. The number of urea groups is 1. The largest absolute Gasteiger partial charge is 0.351 e. The Morgan fingerprint density at radius 1 is 1.35 bits per heavy atom. The second-order valence-corrected chi connectivity index (χ2v) is 6.05. The van der Waals surface area contributed by atoms with Gasteiger partial charge >= 0.3 is 6.03 Å². The number of benzene rings is 1. The van der Waals surface area contributed by atoms with E-state index in [1.807, 2.05) is 18.2 Å². The summed E-state index contributed by atoms with van der Waals surface area (Å²) in [7, 11) is 0. The molecule has 4 heteroatoms. The predicted molar refractivity (Wildman–Crippen MR) is 81.2 cm³/mol. The van der Waals surface area contributed by atoms with Gasteiger partial charge in [-0.25, -0.2) is 4.79 Å². The molecule has 1 saturated heterocycles. The summed E-state index contributed by atoms with van der Waals surface area (Å²) in [6.07, 6.45) is 1.11. The number of nitrogens with one attached hydrogen (secondary N) is 1. The van der Waals surface area contributed by atoms with Crippen LogP contribution in [0, 0.1) is 11.8 Å². The van der Waals surface area contributed by atoms with Gasteiger partial charge in [0.05, 0.1) is 0 Å². The van der Waals surface area contributed by atoms with Crippen LogP contribution in [0.3, 0.4) is 0 Å². The number of carbonyl (C=O) groups excluding carboxylic acids is 1. The van der Waals surface area contributed by atoms with Gasteiger partial charge in [-0.3, -0.25) is 0 Å². The highest BCUT2D eigenvalue weighted by Gasteiger charge is 2.30. The molecule has 1 fully saturated rings. The van der Waals surface area contributed by atoms with E-state index in [-0.39, 0.29) is 6.03 Å². The average molecular weight is 275 g/mol. The summed E-state index contributed by atoms with van der Waals surface area (Å²) in [5.74, 6) is 1.09. The first kappa shape index (κ1) is 14.9. The summed E-state index contributed by atoms with van der Waals surface area (Å²) in [4.78, 5) is 13.2. The molecule has 20 heavy (non-hydrogen) atoms. The van der Waals surface area contributed by atoms with Crippen LogP contribution in [-0.2, 0) is 6.54 Å². The van der Waals surface area contributed by atoms with Crippen LogP contribution in [0.1, 0.15) is 25.8 Å². The Hall–Kier alpha value is -1.55. The van der Waals surface area contributed by atoms with Crippen LogP contribution in [0.25, 0.3) is 0 Å². The molecule has 2 unspecified atom stereocenters.